The molecule has 1 saturated heterocycles. The van der Waals surface area contributed by atoms with Gasteiger partial charge in [0.25, 0.3) is 5.91 Å². The highest BCUT2D eigenvalue weighted by Crippen LogP contribution is 2.21. The van der Waals surface area contributed by atoms with E-state index in [0.29, 0.717) is 54.6 Å². The van der Waals surface area contributed by atoms with Gasteiger partial charge in [0, 0.05) is 61.5 Å². The summed E-state index contributed by atoms with van der Waals surface area (Å²) >= 11 is 6.09. The maximum atomic E-state index is 13.9. The molecular weight excluding hydrogens is 369 g/mol. The van der Waals surface area contributed by atoms with Crippen molar-refractivity contribution in [2.24, 2.45) is 0 Å². The Morgan fingerprint density at radius 1 is 1.07 bits per heavy atom. The minimum atomic E-state index is -0.305. The van der Waals surface area contributed by atoms with Gasteiger partial charge in [0.05, 0.1) is 0 Å². The third-order valence-corrected chi connectivity index (χ3v) is 4.91. The number of amides is 2. The summed E-state index contributed by atoms with van der Waals surface area (Å²) in [6.45, 7) is 4.31. The van der Waals surface area contributed by atoms with Gasteiger partial charge in [0.1, 0.15) is 5.82 Å². The maximum Gasteiger partial charge on any atom is 0.253 e. The molecule has 2 aromatic carbocycles. The van der Waals surface area contributed by atoms with Crippen LogP contribution < -0.4 is 5.32 Å². The van der Waals surface area contributed by atoms with E-state index in [1.165, 1.54) is 13.0 Å². The summed E-state index contributed by atoms with van der Waals surface area (Å²) in [7, 11) is 0. The van der Waals surface area contributed by atoms with E-state index in [9.17, 15) is 14.0 Å². The largest absolute Gasteiger partial charge is 0.336 e. The van der Waals surface area contributed by atoms with Gasteiger partial charge in [-0.3, -0.25) is 14.5 Å². The molecule has 1 fully saturated rings. The number of rotatable bonds is 4. The molecule has 0 aromatic heterocycles. The van der Waals surface area contributed by atoms with E-state index in [1.807, 2.05) is 0 Å². The molecule has 7 heteroatoms. The van der Waals surface area contributed by atoms with E-state index in [0.717, 1.165) is 0 Å². The summed E-state index contributed by atoms with van der Waals surface area (Å²) in [4.78, 5) is 27.6. The fourth-order valence-electron chi connectivity index (χ4n) is 3.10. The van der Waals surface area contributed by atoms with Crippen molar-refractivity contribution in [3.8, 4) is 0 Å². The molecule has 0 saturated carbocycles. The Morgan fingerprint density at radius 2 is 1.74 bits per heavy atom. The second kappa shape index (κ2) is 8.50. The van der Waals surface area contributed by atoms with Crippen molar-refractivity contribution < 1.29 is 14.0 Å². The van der Waals surface area contributed by atoms with Crippen LogP contribution in [0.25, 0.3) is 0 Å². The van der Waals surface area contributed by atoms with E-state index >= 15 is 0 Å². The Balaban J connectivity index is 1.57. The highest BCUT2D eigenvalue weighted by molar-refractivity contribution is 6.31. The lowest BCUT2D eigenvalue weighted by molar-refractivity contribution is -0.114. The van der Waals surface area contributed by atoms with Crippen LogP contribution in [0.5, 0.6) is 0 Å². The zero-order valence-corrected chi connectivity index (χ0v) is 15.8. The summed E-state index contributed by atoms with van der Waals surface area (Å²) < 4.78 is 13.9. The molecule has 142 valence electrons. The first-order valence-electron chi connectivity index (χ1n) is 8.76. The van der Waals surface area contributed by atoms with Crippen LogP contribution in [-0.4, -0.2) is 47.8 Å². The fourth-order valence-corrected chi connectivity index (χ4v) is 3.32. The number of hydrogen-bond donors (Lipinski definition) is 1. The number of benzene rings is 2. The van der Waals surface area contributed by atoms with Crippen LogP contribution in [0.15, 0.2) is 42.5 Å². The molecule has 3 rings (SSSR count). The Bertz CT molecular complexity index is 813. The van der Waals surface area contributed by atoms with Crippen molar-refractivity contribution in [2.75, 3.05) is 31.5 Å². The molecule has 0 aliphatic carbocycles. The average Bonchev–Trinajstić information content (AvgIpc) is 2.65. The molecule has 0 spiro atoms. The molecule has 2 amide bonds. The highest BCUT2D eigenvalue weighted by Gasteiger charge is 2.23. The Kier molecular flexibility index (Phi) is 6.08. The van der Waals surface area contributed by atoms with Gasteiger partial charge in [-0.1, -0.05) is 17.7 Å². The molecule has 1 N–H and O–H groups in total. The number of hydrogen-bond acceptors (Lipinski definition) is 3. The first kappa shape index (κ1) is 19.3. The fraction of sp³-hybridized carbons (Fsp3) is 0.300. The zero-order chi connectivity index (χ0) is 19.4. The predicted octanol–water partition coefficient (Wildman–Crippen LogP) is 3.40. The molecule has 0 unspecified atom stereocenters. The number of nitrogens with one attached hydrogen (secondary N) is 1. The third-order valence-electron chi connectivity index (χ3n) is 4.56. The van der Waals surface area contributed by atoms with Crippen molar-refractivity contribution in [3.05, 3.63) is 64.4 Å². The number of carbonyl (C=O) groups excluding carboxylic acids is 2. The minimum absolute atomic E-state index is 0.0482. The molecule has 1 aliphatic rings. The zero-order valence-electron chi connectivity index (χ0n) is 15.0. The first-order chi connectivity index (χ1) is 12.9. The lowest BCUT2D eigenvalue weighted by Gasteiger charge is -2.35. The number of halogens is 2. The van der Waals surface area contributed by atoms with E-state index in [1.54, 1.807) is 41.3 Å². The van der Waals surface area contributed by atoms with Crippen molar-refractivity contribution >= 4 is 29.1 Å². The summed E-state index contributed by atoms with van der Waals surface area (Å²) in [6.07, 6.45) is 0. The van der Waals surface area contributed by atoms with Crippen molar-refractivity contribution in [1.82, 2.24) is 9.80 Å². The van der Waals surface area contributed by atoms with Crippen molar-refractivity contribution in [2.45, 2.75) is 13.5 Å². The Morgan fingerprint density at radius 3 is 2.33 bits per heavy atom. The Labute approximate surface area is 162 Å². The second-order valence-electron chi connectivity index (χ2n) is 6.53. The van der Waals surface area contributed by atoms with Crippen LogP contribution in [0, 0.1) is 5.82 Å². The van der Waals surface area contributed by atoms with Gasteiger partial charge in [0.15, 0.2) is 0 Å². The predicted molar refractivity (Wildman–Crippen MR) is 103 cm³/mol. The topological polar surface area (TPSA) is 52.7 Å². The molecular formula is C20H21ClFN3O2. The van der Waals surface area contributed by atoms with E-state index in [-0.39, 0.29) is 17.6 Å². The van der Waals surface area contributed by atoms with Crippen LogP contribution in [0.4, 0.5) is 10.1 Å². The van der Waals surface area contributed by atoms with Crippen molar-refractivity contribution in [1.29, 1.82) is 0 Å². The van der Waals surface area contributed by atoms with Gasteiger partial charge < -0.3 is 10.2 Å². The van der Waals surface area contributed by atoms with E-state index < -0.39 is 0 Å². The lowest BCUT2D eigenvalue weighted by Crippen LogP contribution is -2.48. The van der Waals surface area contributed by atoms with E-state index in [2.05, 4.69) is 10.2 Å². The molecule has 1 heterocycles. The van der Waals surface area contributed by atoms with Gasteiger partial charge in [-0.2, -0.15) is 0 Å². The Hall–Kier alpha value is -2.44. The van der Waals surface area contributed by atoms with Crippen LogP contribution in [0.3, 0.4) is 0 Å². The van der Waals surface area contributed by atoms with E-state index in [4.69, 9.17) is 11.6 Å². The average molecular weight is 390 g/mol. The second-order valence-corrected chi connectivity index (χ2v) is 6.93. The number of carbonyl (C=O) groups is 2. The molecule has 2 aromatic rings. The van der Waals surface area contributed by atoms with Gasteiger partial charge >= 0.3 is 0 Å². The number of anilines is 1. The third kappa shape index (κ3) is 4.84. The normalized spacial score (nSPS) is 14.9. The van der Waals surface area contributed by atoms with Gasteiger partial charge in [-0.25, -0.2) is 4.39 Å². The summed E-state index contributed by atoms with van der Waals surface area (Å²) in [5, 5.41) is 3.10. The smallest absolute Gasteiger partial charge is 0.253 e. The SMILES string of the molecule is CC(=O)Nc1ccc(C(=O)N2CCN(Cc3c(F)cccc3Cl)CC2)cc1. The summed E-state index contributed by atoms with van der Waals surface area (Å²) in [6, 6.07) is 11.5. The van der Waals surface area contributed by atoms with Gasteiger partial charge in [0.2, 0.25) is 5.91 Å². The van der Waals surface area contributed by atoms with Crippen LogP contribution in [0.2, 0.25) is 5.02 Å². The monoisotopic (exact) mass is 389 g/mol. The maximum absolute atomic E-state index is 13.9. The number of nitrogens with zero attached hydrogens (tertiary/aromatic N) is 2. The van der Waals surface area contributed by atoms with Crippen LogP contribution in [-0.2, 0) is 11.3 Å². The quantitative estimate of drug-likeness (QED) is 0.872. The molecule has 1 aliphatic heterocycles. The molecule has 0 radical (unpaired) electrons. The van der Waals surface area contributed by atoms with Crippen molar-refractivity contribution in [3.63, 3.8) is 0 Å². The standard InChI is InChI=1S/C20H21ClFN3O2/c1-14(26)23-16-7-5-15(6-8-16)20(27)25-11-9-24(10-12-25)13-17-18(21)3-2-4-19(17)22/h2-8H,9-13H2,1H3,(H,23,26). The highest BCUT2D eigenvalue weighted by atomic mass is 35.5. The summed E-state index contributed by atoms with van der Waals surface area (Å²) in [5.74, 6) is -0.506. The lowest BCUT2D eigenvalue weighted by atomic mass is 10.1. The minimum Gasteiger partial charge on any atom is -0.336 e. The molecule has 0 bridgehead atoms. The summed E-state index contributed by atoms with van der Waals surface area (Å²) in [5.41, 5.74) is 1.73. The number of piperazine rings is 1. The van der Waals surface area contributed by atoms with Gasteiger partial charge in [-0.15, -0.1) is 0 Å². The van der Waals surface area contributed by atoms with Crippen LogP contribution in [0.1, 0.15) is 22.8 Å². The molecule has 27 heavy (non-hydrogen) atoms. The molecule has 5 nitrogen and oxygen atoms in total. The van der Waals surface area contributed by atoms with Crippen LogP contribution >= 0.6 is 11.6 Å². The van der Waals surface area contributed by atoms with Gasteiger partial charge in [-0.05, 0) is 36.4 Å². The molecule has 0 atom stereocenters. The first-order valence-corrected chi connectivity index (χ1v) is 9.14.